The number of nitrogens with zero attached hydrogens (tertiary/aromatic N) is 5. The predicted octanol–water partition coefficient (Wildman–Crippen LogP) is 13.0. The van der Waals surface area contributed by atoms with Crippen LogP contribution in [0, 0.1) is 0 Å². The fraction of sp³-hybridized carbons (Fsp3) is 0. The number of allylic oxidation sites excluding steroid dienone is 4. The first-order valence-electron chi connectivity index (χ1n) is 20.0. The van der Waals surface area contributed by atoms with E-state index in [2.05, 4.69) is 126 Å². The molecule has 9 aromatic rings. The van der Waals surface area contributed by atoms with Crippen molar-refractivity contribution in [3.63, 3.8) is 0 Å². The molecule has 2 N–H and O–H groups in total. The van der Waals surface area contributed by atoms with E-state index in [-0.39, 0.29) is 0 Å². The maximum atomic E-state index is 6.37. The monoisotopic (exact) mass is 784 g/mol. The second kappa shape index (κ2) is 17.6. The van der Waals surface area contributed by atoms with Gasteiger partial charge in [-0.1, -0.05) is 128 Å². The van der Waals surface area contributed by atoms with Crippen LogP contribution in [0.15, 0.2) is 226 Å². The van der Waals surface area contributed by atoms with Gasteiger partial charge in [0.15, 0.2) is 0 Å². The van der Waals surface area contributed by atoms with E-state index in [0.29, 0.717) is 11.4 Å². The summed E-state index contributed by atoms with van der Waals surface area (Å²) < 4.78 is 0. The topological polar surface area (TPSA) is 90.5 Å². The zero-order valence-corrected chi connectivity index (χ0v) is 33.3. The minimum absolute atomic E-state index is 0.579. The highest BCUT2D eigenvalue weighted by atomic mass is 14.8. The molecule has 0 amide bonds. The van der Waals surface area contributed by atoms with Crippen LogP contribution in [-0.4, -0.2) is 24.9 Å². The van der Waals surface area contributed by atoms with Gasteiger partial charge in [0.1, 0.15) is 0 Å². The summed E-state index contributed by atoms with van der Waals surface area (Å²) in [4.78, 5) is 23.5. The molecule has 0 radical (unpaired) electrons. The third-order valence-electron chi connectivity index (χ3n) is 10.5. The summed E-state index contributed by atoms with van der Waals surface area (Å²) in [5.74, 6) is 0. The van der Waals surface area contributed by atoms with Crippen molar-refractivity contribution >= 4 is 5.70 Å². The zero-order chi connectivity index (χ0) is 41.4. The summed E-state index contributed by atoms with van der Waals surface area (Å²) in [6.45, 7) is 3.73. The van der Waals surface area contributed by atoms with Crippen molar-refractivity contribution < 1.29 is 0 Å². The summed E-state index contributed by atoms with van der Waals surface area (Å²) >= 11 is 0. The predicted molar refractivity (Wildman–Crippen MR) is 250 cm³/mol. The Hall–Kier alpha value is -8.35. The minimum Gasteiger partial charge on any atom is -0.397 e. The van der Waals surface area contributed by atoms with E-state index < -0.39 is 0 Å². The van der Waals surface area contributed by atoms with Gasteiger partial charge >= 0.3 is 0 Å². The smallest absolute Gasteiger partial charge is 0.0886 e. The molecule has 290 valence electrons. The van der Waals surface area contributed by atoms with E-state index >= 15 is 0 Å². The van der Waals surface area contributed by atoms with Crippen LogP contribution in [0.1, 0.15) is 5.69 Å². The molecule has 61 heavy (non-hydrogen) atoms. The molecule has 0 saturated carbocycles. The highest BCUT2D eigenvalue weighted by molar-refractivity contribution is 5.94. The minimum atomic E-state index is 0.579. The van der Waals surface area contributed by atoms with Crippen LogP contribution in [0.2, 0.25) is 0 Å². The number of nitrogens with two attached hydrogens (primary N) is 1. The van der Waals surface area contributed by atoms with Crippen LogP contribution in [0.25, 0.3) is 95.2 Å². The average molecular weight is 785 g/mol. The summed E-state index contributed by atoms with van der Waals surface area (Å²) in [6.07, 6.45) is 16.6. The van der Waals surface area contributed by atoms with Gasteiger partial charge in [-0.3, -0.25) is 24.9 Å². The van der Waals surface area contributed by atoms with Crippen molar-refractivity contribution in [1.82, 2.24) is 24.9 Å². The molecule has 0 fully saturated rings. The highest BCUT2D eigenvalue weighted by Gasteiger charge is 2.17. The Labute approximate surface area is 355 Å². The van der Waals surface area contributed by atoms with Crippen LogP contribution in [0.3, 0.4) is 0 Å². The fourth-order valence-electron chi connectivity index (χ4n) is 7.54. The number of benzene rings is 4. The normalized spacial score (nSPS) is 11.4. The van der Waals surface area contributed by atoms with E-state index in [1.54, 1.807) is 18.5 Å². The molecule has 5 aromatic heterocycles. The molecule has 9 rings (SSSR count). The average Bonchev–Trinajstić information content (AvgIpc) is 3.34. The SMILES string of the molecule is C=C/C=C\C=C(/N)c1ccc(-c2ccccc2-c2cc(-c3ccccc3-c3ccc(-c4ccccn4)nc3)cc(-c3ccccc3-c3ccc(-c4ccccn4)nc3)c2)cn1. The van der Waals surface area contributed by atoms with Gasteiger partial charge in [0, 0.05) is 47.7 Å². The lowest BCUT2D eigenvalue weighted by molar-refractivity contribution is 1.25. The molecule has 0 atom stereocenters. The van der Waals surface area contributed by atoms with Crippen LogP contribution < -0.4 is 5.73 Å². The molecule has 0 saturated heterocycles. The number of aromatic nitrogens is 5. The highest BCUT2D eigenvalue weighted by Crippen LogP contribution is 2.42. The lowest BCUT2D eigenvalue weighted by Gasteiger charge is -2.18. The third-order valence-corrected chi connectivity index (χ3v) is 10.5. The van der Waals surface area contributed by atoms with Crippen LogP contribution in [0.4, 0.5) is 0 Å². The van der Waals surface area contributed by atoms with Crippen molar-refractivity contribution in [2.45, 2.75) is 0 Å². The Bertz CT molecular complexity index is 2870. The molecule has 0 bridgehead atoms. The summed E-state index contributed by atoms with van der Waals surface area (Å²) in [5.41, 5.74) is 23.7. The van der Waals surface area contributed by atoms with Crippen molar-refractivity contribution in [3.05, 3.63) is 231 Å². The third kappa shape index (κ3) is 8.33. The number of hydrogen-bond donors (Lipinski definition) is 1. The van der Waals surface area contributed by atoms with Crippen molar-refractivity contribution in [1.29, 1.82) is 0 Å². The Morgan fingerprint density at radius 1 is 0.377 bits per heavy atom. The largest absolute Gasteiger partial charge is 0.397 e. The molecule has 0 spiro atoms. The van der Waals surface area contributed by atoms with E-state index in [1.807, 2.05) is 91.4 Å². The summed E-state index contributed by atoms with van der Waals surface area (Å²) in [7, 11) is 0. The standard InChI is InChI=1S/C55H40N6/c1-2-3-4-21-50(56)51-27-24-38(35-59-51)44-15-5-8-18-47(44)41-32-42(48-19-9-6-16-45(48)39-25-28-54(60-36-39)52-22-11-13-30-57-52)34-43(33-41)49-20-10-7-17-46(49)40-26-29-55(61-37-40)53-23-12-14-31-58-53/h2-37H,1,56H2/b4-3-,50-21-. The van der Waals surface area contributed by atoms with Gasteiger partial charge in [-0.15, -0.1) is 0 Å². The molecular formula is C55H40N6. The van der Waals surface area contributed by atoms with Gasteiger partial charge in [-0.05, 0) is 117 Å². The number of hydrogen-bond acceptors (Lipinski definition) is 6. The van der Waals surface area contributed by atoms with E-state index in [4.69, 9.17) is 20.7 Å². The number of rotatable bonds is 11. The maximum absolute atomic E-state index is 6.37. The second-order valence-electron chi connectivity index (χ2n) is 14.4. The summed E-state index contributed by atoms with van der Waals surface area (Å²) in [5, 5.41) is 0. The van der Waals surface area contributed by atoms with Gasteiger partial charge in [-0.25, -0.2) is 0 Å². The van der Waals surface area contributed by atoms with Gasteiger partial charge < -0.3 is 5.73 Å². The molecule has 0 aliphatic carbocycles. The lowest BCUT2D eigenvalue weighted by atomic mass is 9.86. The Balaban J connectivity index is 1.18. The van der Waals surface area contributed by atoms with E-state index in [1.165, 1.54) is 0 Å². The Kier molecular flexibility index (Phi) is 11.0. The van der Waals surface area contributed by atoms with Gasteiger partial charge in [0.05, 0.1) is 34.2 Å². The molecule has 4 aromatic carbocycles. The van der Waals surface area contributed by atoms with Crippen molar-refractivity contribution in [2.24, 2.45) is 5.73 Å². The zero-order valence-electron chi connectivity index (χ0n) is 33.3. The van der Waals surface area contributed by atoms with Crippen LogP contribution >= 0.6 is 0 Å². The fourth-order valence-corrected chi connectivity index (χ4v) is 7.54. The first kappa shape index (κ1) is 38.2. The molecule has 0 aliphatic rings. The van der Waals surface area contributed by atoms with Crippen molar-refractivity contribution in [2.75, 3.05) is 0 Å². The summed E-state index contributed by atoms with van der Waals surface area (Å²) in [6, 6.07) is 56.5. The van der Waals surface area contributed by atoms with Gasteiger partial charge in [0.2, 0.25) is 0 Å². The molecule has 5 heterocycles. The molecule has 6 heteroatoms. The maximum Gasteiger partial charge on any atom is 0.0886 e. The van der Waals surface area contributed by atoms with Gasteiger partial charge in [-0.2, -0.15) is 0 Å². The Morgan fingerprint density at radius 3 is 1.10 bits per heavy atom. The van der Waals surface area contributed by atoms with Crippen LogP contribution in [-0.2, 0) is 0 Å². The molecule has 0 unspecified atom stereocenters. The molecule has 0 aliphatic heterocycles. The lowest BCUT2D eigenvalue weighted by Crippen LogP contribution is -1.98. The first-order valence-corrected chi connectivity index (χ1v) is 20.0. The van der Waals surface area contributed by atoms with Crippen molar-refractivity contribution in [3.8, 4) is 89.5 Å². The van der Waals surface area contributed by atoms with Gasteiger partial charge in [0.25, 0.3) is 0 Å². The van der Waals surface area contributed by atoms with E-state index in [0.717, 1.165) is 89.5 Å². The quantitative estimate of drug-likeness (QED) is 0.131. The second-order valence-corrected chi connectivity index (χ2v) is 14.4. The van der Waals surface area contributed by atoms with Crippen LogP contribution in [0.5, 0.6) is 0 Å². The van der Waals surface area contributed by atoms with E-state index in [9.17, 15) is 0 Å². The molecular weight excluding hydrogens is 745 g/mol. The first-order chi connectivity index (χ1) is 30.1. The Morgan fingerprint density at radius 2 is 0.754 bits per heavy atom. The molecule has 6 nitrogen and oxygen atoms in total. The number of pyridine rings is 5.